The summed E-state index contributed by atoms with van der Waals surface area (Å²) in [5.74, 6) is 0.889. The van der Waals surface area contributed by atoms with Crippen LogP contribution in [-0.2, 0) is 4.79 Å². The molecule has 0 saturated heterocycles. The van der Waals surface area contributed by atoms with Crippen LogP contribution in [0.1, 0.15) is 32.4 Å². The van der Waals surface area contributed by atoms with Crippen LogP contribution < -0.4 is 11.1 Å². The first kappa shape index (κ1) is 12.5. The van der Waals surface area contributed by atoms with Gasteiger partial charge < -0.3 is 11.1 Å². The fraction of sp³-hybridized carbons (Fsp3) is 0.636. The lowest BCUT2D eigenvalue weighted by molar-refractivity contribution is -0.124. The second-order valence-electron chi connectivity index (χ2n) is 4.49. The number of hydrogen-bond acceptors (Lipinski definition) is 3. The summed E-state index contributed by atoms with van der Waals surface area (Å²) in [6, 6.07) is -0.324. The standard InChI is InChI=1S/C11H20N4O/c1-7(2)5-13-11(16)9(4)15-6-8(3)10(12)14-15/h6-7,9H,5H2,1-4H3,(H2,12,14)(H,13,16). The fourth-order valence-electron chi connectivity index (χ4n) is 1.27. The van der Waals surface area contributed by atoms with Crippen molar-refractivity contribution in [3.63, 3.8) is 0 Å². The second-order valence-corrected chi connectivity index (χ2v) is 4.49. The molecular weight excluding hydrogens is 204 g/mol. The first-order valence-corrected chi connectivity index (χ1v) is 5.50. The summed E-state index contributed by atoms with van der Waals surface area (Å²) < 4.78 is 1.60. The molecule has 0 radical (unpaired) electrons. The third kappa shape index (κ3) is 2.98. The van der Waals surface area contributed by atoms with E-state index in [4.69, 9.17) is 5.73 Å². The zero-order chi connectivity index (χ0) is 12.3. The molecule has 5 heteroatoms. The van der Waals surface area contributed by atoms with E-state index in [1.165, 1.54) is 0 Å². The van der Waals surface area contributed by atoms with E-state index in [0.29, 0.717) is 18.3 Å². The van der Waals surface area contributed by atoms with Crippen molar-refractivity contribution < 1.29 is 4.79 Å². The van der Waals surface area contributed by atoms with Gasteiger partial charge in [0, 0.05) is 18.3 Å². The van der Waals surface area contributed by atoms with Crippen molar-refractivity contribution in [2.75, 3.05) is 12.3 Å². The summed E-state index contributed by atoms with van der Waals surface area (Å²) in [4.78, 5) is 11.8. The molecule has 1 atom stereocenters. The van der Waals surface area contributed by atoms with Crippen LogP contribution in [0.2, 0.25) is 0 Å². The van der Waals surface area contributed by atoms with Crippen molar-refractivity contribution in [2.24, 2.45) is 5.92 Å². The van der Waals surface area contributed by atoms with Gasteiger partial charge in [-0.05, 0) is 19.8 Å². The van der Waals surface area contributed by atoms with Gasteiger partial charge in [0.1, 0.15) is 11.9 Å². The van der Waals surface area contributed by atoms with Crippen molar-refractivity contribution in [3.05, 3.63) is 11.8 Å². The van der Waals surface area contributed by atoms with E-state index >= 15 is 0 Å². The van der Waals surface area contributed by atoms with Gasteiger partial charge in [0.05, 0.1) is 0 Å². The molecule has 0 aromatic carbocycles. The number of nitrogens with zero attached hydrogens (tertiary/aromatic N) is 2. The minimum atomic E-state index is -0.324. The van der Waals surface area contributed by atoms with Gasteiger partial charge in [0.2, 0.25) is 5.91 Å². The van der Waals surface area contributed by atoms with Crippen molar-refractivity contribution >= 4 is 11.7 Å². The van der Waals surface area contributed by atoms with Gasteiger partial charge in [-0.25, -0.2) is 0 Å². The molecule has 0 spiro atoms. The molecule has 0 aliphatic rings. The lowest BCUT2D eigenvalue weighted by atomic mass is 10.2. The minimum absolute atomic E-state index is 0.0313. The Bertz CT molecular complexity index is 351. The molecule has 0 aliphatic carbocycles. The average Bonchev–Trinajstić information content (AvgIpc) is 2.54. The van der Waals surface area contributed by atoms with E-state index in [-0.39, 0.29) is 11.9 Å². The highest BCUT2D eigenvalue weighted by Gasteiger charge is 2.16. The molecule has 1 rings (SSSR count). The Morgan fingerprint density at radius 3 is 2.62 bits per heavy atom. The Morgan fingerprint density at radius 2 is 2.19 bits per heavy atom. The number of nitrogens with one attached hydrogen (secondary N) is 1. The van der Waals surface area contributed by atoms with Crippen molar-refractivity contribution in [3.8, 4) is 0 Å². The van der Waals surface area contributed by atoms with Gasteiger partial charge in [-0.2, -0.15) is 5.10 Å². The lowest BCUT2D eigenvalue weighted by Gasteiger charge is -2.13. The smallest absolute Gasteiger partial charge is 0.244 e. The van der Waals surface area contributed by atoms with E-state index in [9.17, 15) is 4.79 Å². The summed E-state index contributed by atoms with van der Waals surface area (Å²) in [5.41, 5.74) is 6.53. The van der Waals surface area contributed by atoms with Crippen LogP contribution in [0.5, 0.6) is 0 Å². The number of rotatable bonds is 4. The largest absolute Gasteiger partial charge is 0.382 e. The molecule has 1 aromatic rings. The van der Waals surface area contributed by atoms with Crippen LogP contribution in [0.3, 0.4) is 0 Å². The maximum absolute atomic E-state index is 11.8. The predicted molar refractivity (Wildman–Crippen MR) is 63.9 cm³/mol. The summed E-state index contributed by atoms with van der Waals surface area (Å²) >= 11 is 0. The van der Waals surface area contributed by atoms with Crippen molar-refractivity contribution in [1.82, 2.24) is 15.1 Å². The van der Waals surface area contributed by atoms with Crippen LogP contribution in [-0.4, -0.2) is 22.2 Å². The number of amides is 1. The Kier molecular flexibility index (Phi) is 3.93. The number of anilines is 1. The Hall–Kier alpha value is -1.52. The molecular formula is C11H20N4O. The molecule has 1 unspecified atom stereocenters. The highest BCUT2D eigenvalue weighted by atomic mass is 16.2. The first-order chi connectivity index (χ1) is 7.41. The topological polar surface area (TPSA) is 72.9 Å². The number of nitrogens with two attached hydrogens (primary N) is 1. The molecule has 0 bridgehead atoms. The molecule has 0 fully saturated rings. The van der Waals surface area contributed by atoms with Crippen molar-refractivity contribution in [2.45, 2.75) is 33.7 Å². The monoisotopic (exact) mass is 224 g/mol. The number of carbonyl (C=O) groups is 1. The number of aromatic nitrogens is 2. The Morgan fingerprint density at radius 1 is 1.56 bits per heavy atom. The summed E-state index contributed by atoms with van der Waals surface area (Å²) in [6.07, 6.45) is 1.79. The number of aryl methyl sites for hydroxylation is 1. The molecule has 0 saturated carbocycles. The maximum atomic E-state index is 11.8. The van der Waals surface area contributed by atoms with E-state index in [1.54, 1.807) is 10.9 Å². The summed E-state index contributed by atoms with van der Waals surface area (Å²) in [7, 11) is 0. The fourth-order valence-corrected chi connectivity index (χ4v) is 1.27. The molecule has 90 valence electrons. The number of carbonyl (C=O) groups excluding carboxylic acids is 1. The Labute approximate surface area is 96.0 Å². The van der Waals surface area contributed by atoms with Crippen LogP contribution in [0.25, 0.3) is 0 Å². The molecule has 1 aromatic heterocycles. The first-order valence-electron chi connectivity index (χ1n) is 5.50. The van der Waals surface area contributed by atoms with E-state index < -0.39 is 0 Å². The van der Waals surface area contributed by atoms with Crippen LogP contribution in [0, 0.1) is 12.8 Å². The van der Waals surface area contributed by atoms with Gasteiger partial charge in [-0.1, -0.05) is 13.8 Å². The molecule has 0 aliphatic heterocycles. The van der Waals surface area contributed by atoms with Gasteiger partial charge in [-0.15, -0.1) is 0 Å². The number of hydrogen-bond donors (Lipinski definition) is 2. The number of nitrogen functional groups attached to an aromatic ring is 1. The zero-order valence-corrected chi connectivity index (χ0v) is 10.3. The molecule has 5 nitrogen and oxygen atoms in total. The highest BCUT2D eigenvalue weighted by molar-refractivity contribution is 5.79. The molecule has 1 amide bonds. The van der Waals surface area contributed by atoms with E-state index in [0.717, 1.165) is 5.56 Å². The SMILES string of the molecule is Cc1cn(C(C)C(=O)NCC(C)C)nc1N. The van der Waals surface area contributed by atoms with Crippen LogP contribution in [0.15, 0.2) is 6.20 Å². The third-order valence-electron chi connectivity index (χ3n) is 2.41. The van der Waals surface area contributed by atoms with Crippen molar-refractivity contribution in [1.29, 1.82) is 0 Å². The van der Waals surface area contributed by atoms with Gasteiger partial charge >= 0.3 is 0 Å². The zero-order valence-electron chi connectivity index (χ0n) is 10.3. The van der Waals surface area contributed by atoms with Crippen LogP contribution >= 0.6 is 0 Å². The lowest BCUT2D eigenvalue weighted by Crippen LogP contribution is -2.33. The normalized spacial score (nSPS) is 12.8. The molecule has 1 heterocycles. The maximum Gasteiger partial charge on any atom is 0.244 e. The second kappa shape index (κ2) is 5.01. The summed E-state index contributed by atoms with van der Waals surface area (Å²) in [6.45, 7) is 8.47. The minimum Gasteiger partial charge on any atom is -0.382 e. The highest BCUT2D eigenvalue weighted by Crippen LogP contribution is 2.12. The van der Waals surface area contributed by atoms with E-state index in [1.807, 2.05) is 13.8 Å². The quantitative estimate of drug-likeness (QED) is 0.804. The van der Waals surface area contributed by atoms with E-state index in [2.05, 4.69) is 24.3 Å². The summed E-state index contributed by atoms with van der Waals surface area (Å²) in [5, 5.41) is 6.96. The third-order valence-corrected chi connectivity index (χ3v) is 2.41. The van der Waals surface area contributed by atoms with Gasteiger partial charge in [0.15, 0.2) is 0 Å². The Balaban J connectivity index is 2.63. The molecule has 16 heavy (non-hydrogen) atoms. The van der Waals surface area contributed by atoms with Crippen LogP contribution in [0.4, 0.5) is 5.82 Å². The van der Waals surface area contributed by atoms with Gasteiger partial charge in [-0.3, -0.25) is 9.48 Å². The molecule has 3 N–H and O–H groups in total. The van der Waals surface area contributed by atoms with Gasteiger partial charge in [0.25, 0.3) is 0 Å². The average molecular weight is 224 g/mol. The predicted octanol–water partition coefficient (Wildman–Crippen LogP) is 1.11.